The molecule has 0 bridgehead atoms. The summed E-state index contributed by atoms with van der Waals surface area (Å²) in [5.41, 5.74) is 17.1. The van der Waals surface area contributed by atoms with Crippen LogP contribution in [-0.4, -0.2) is 188 Å². The van der Waals surface area contributed by atoms with E-state index < -0.39 is 139 Å². The third-order valence-corrected chi connectivity index (χ3v) is 12.9. The van der Waals surface area contributed by atoms with E-state index in [2.05, 4.69) is 47.5 Å². The van der Waals surface area contributed by atoms with Crippen LogP contribution in [0.2, 0.25) is 0 Å². The highest BCUT2D eigenvalue weighted by molar-refractivity contribution is 7.98. The molecule has 8 amide bonds. The first-order valence-electron chi connectivity index (χ1n) is 25.4. The van der Waals surface area contributed by atoms with E-state index >= 15 is 0 Å². The normalized spacial score (nSPS) is 15.0. The minimum absolute atomic E-state index is 0.0293. The maximum absolute atomic E-state index is 14.2. The SMILES string of the molecule is CSCC[C@H](NC(=O)[C@H](CC(C)C)NC(=O)[C@@H](NC(=O)[C@H](CCC(=O)O)NC(=O)[C@H](CCSC)NC(=O)[C@@H](N)CC(C)C)[C@@H](C)O)C(=O)N[C@@H](Cc1ccc(O)cc1)C(=O)N[C@@H](CO)C(=O)N[C@@H](CCCN=C(N)N)C(=O)O. The molecule has 1 rings (SSSR count). The number of carbonyl (C=O) groups is 10. The molecule has 0 fully saturated rings. The Bertz CT molecular complexity index is 2170. The van der Waals surface area contributed by atoms with Crippen molar-refractivity contribution in [3.8, 4) is 5.75 Å². The molecule has 0 spiro atoms. The lowest BCUT2D eigenvalue weighted by Gasteiger charge is -2.29. The largest absolute Gasteiger partial charge is 0.508 e. The van der Waals surface area contributed by atoms with Crippen molar-refractivity contribution >= 4 is 88.7 Å². The summed E-state index contributed by atoms with van der Waals surface area (Å²) >= 11 is 2.69. The first kappa shape index (κ1) is 69.6. The van der Waals surface area contributed by atoms with Crippen LogP contribution < -0.4 is 59.7 Å². The standard InChI is InChI=1S/C49H82N12O15S2/c1-25(2)21-30(50)40(67)54-32(16-19-77-6)41(68)55-31(14-15-38(65)66)43(70)61-39(27(5)63)47(74)59-35(22-26(3)4)44(71)56-33(17-20-78-7)42(69)58-36(23-28-10-12-29(64)13-11-28)45(72)60-37(24-62)46(73)57-34(48(75)76)9-8-18-53-49(51)52/h10-13,25-27,30-37,39,62-64H,8-9,14-24,50H2,1-7H3,(H,54,67)(H,55,68)(H,56,71)(H,57,73)(H,58,69)(H,59,74)(H,60,72)(H,61,70)(H,65,66)(H,75,76)(H4,51,52,53)/t27-,30+,31+,32+,33+,34+,35+,36+,37+,39+/m1/s1. The molecule has 0 unspecified atom stereocenters. The number of benzene rings is 1. The van der Waals surface area contributed by atoms with Crippen molar-refractivity contribution in [3.05, 3.63) is 29.8 Å². The number of hydrogen-bond donors (Lipinski definition) is 16. The summed E-state index contributed by atoms with van der Waals surface area (Å²) < 4.78 is 0. The summed E-state index contributed by atoms with van der Waals surface area (Å²) in [6.07, 6.45) is 0.888. The maximum Gasteiger partial charge on any atom is 0.326 e. The third-order valence-electron chi connectivity index (χ3n) is 11.6. The number of carboxylic acids is 2. The molecule has 19 N–H and O–H groups in total. The van der Waals surface area contributed by atoms with Crippen molar-refractivity contribution in [2.75, 3.05) is 37.2 Å². The molecular formula is C49H82N12O15S2. The molecule has 29 heteroatoms. The van der Waals surface area contributed by atoms with Crippen molar-refractivity contribution in [1.29, 1.82) is 0 Å². The van der Waals surface area contributed by atoms with Gasteiger partial charge in [-0.15, -0.1) is 0 Å². The number of thioether (sulfide) groups is 2. The number of aliphatic imine (C=N–C) groups is 1. The van der Waals surface area contributed by atoms with E-state index in [1.165, 1.54) is 47.8 Å². The summed E-state index contributed by atoms with van der Waals surface area (Å²) in [4.78, 5) is 138. The van der Waals surface area contributed by atoms with E-state index in [9.17, 15) is 73.5 Å². The van der Waals surface area contributed by atoms with Gasteiger partial charge in [0.1, 0.15) is 54.1 Å². The molecule has 10 atom stereocenters. The number of hydrogen-bond acceptors (Lipinski definition) is 17. The highest BCUT2D eigenvalue weighted by atomic mass is 32.2. The Balaban J connectivity index is 3.49. The van der Waals surface area contributed by atoms with Crippen molar-refractivity contribution in [2.24, 2.45) is 34.0 Å². The second-order valence-corrected chi connectivity index (χ2v) is 21.3. The minimum Gasteiger partial charge on any atom is -0.508 e. The Morgan fingerprint density at radius 3 is 1.47 bits per heavy atom. The second-order valence-electron chi connectivity index (χ2n) is 19.4. The number of nitrogens with two attached hydrogens (primary N) is 3. The zero-order valence-corrected chi connectivity index (χ0v) is 46.9. The fourth-order valence-corrected chi connectivity index (χ4v) is 8.40. The van der Waals surface area contributed by atoms with Gasteiger partial charge >= 0.3 is 11.9 Å². The first-order valence-corrected chi connectivity index (χ1v) is 28.2. The summed E-state index contributed by atoms with van der Waals surface area (Å²) in [7, 11) is 0. The topological polar surface area (TPSA) is 459 Å². The molecule has 0 aliphatic rings. The van der Waals surface area contributed by atoms with Crippen LogP contribution in [0.1, 0.15) is 91.5 Å². The van der Waals surface area contributed by atoms with Gasteiger partial charge in [-0.2, -0.15) is 23.5 Å². The summed E-state index contributed by atoms with van der Waals surface area (Å²) in [5.74, 6) is -10.1. The Kier molecular flexibility index (Phi) is 32.7. The molecule has 0 radical (unpaired) electrons. The van der Waals surface area contributed by atoms with Crippen molar-refractivity contribution in [1.82, 2.24) is 42.5 Å². The summed E-state index contributed by atoms with van der Waals surface area (Å²) in [5, 5.41) is 69.9. The fourth-order valence-electron chi connectivity index (χ4n) is 7.46. The number of guanidine groups is 1. The third kappa shape index (κ3) is 27.2. The predicted octanol–water partition coefficient (Wildman–Crippen LogP) is -2.89. The van der Waals surface area contributed by atoms with Crippen molar-refractivity contribution < 1.29 is 73.5 Å². The monoisotopic (exact) mass is 1140 g/mol. The molecule has 1 aromatic carbocycles. The van der Waals surface area contributed by atoms with Crippen molar-refractivity contribution in [2.45, 2.75) is 153 Å². The summed E-state index contributed by atoms with van der Waals surface area (Å²) in [6.45, 7) is 7.40. The number of phenols is 1. The molecule has 0 saturated heterocycles. The molecule has 0 heterocycles. The Labute approximate surface area is 462 Å². The van der Waals surface area contributed by atoms with Crippen LogP contribution in [-0.2, 0) is 54.4 Å². The van der Waals surface area contributed by atoms with E-state index in [1.54, 1.807) is 26.4 Å². The van der Waals surface area contributed by atoms with E-state index in [-0.39, 0.29) is 74.4 Å². The smallest absolute Gasteiger partial charge is 0.326 e. The highest BCUT2D eigenvalue weighted by Gasteiger charge is 2.36. The van der Waals surface area contributed by atoms with Crippen molar-refractivity contribution in [3.63, 3.8) is 0 Å². The number of nitrogens with one attached hydrogen (secondary N) is 8. The number of carbonyl (C=O) groups excluding carboxylic acids is 8. The quantitative estimate of drug-likeness (QED) is 0.0180. The van der Waals surface area contributed by atoms with E-state index in [0.717, 1.165) is 6.92 Å². The van der Waals surface area contributed by atoms with Gasteiger partial charge in [-0.1, -0.05) is 39.8 Å². The maximum atomic E-state index is 14.2. The molecule has 0 aromatic heterocycles. The molecular weight excluding hydrogens is 1060 g/mol. The predicted molar refractivity (Wildman–Crippen MR) is 293 cm³/mol. The van der Waals surface area contributed by atoms with Gasteiger partial charge in [0.2, 0.25) is 47.3 Å². The number of aromatic hydroxyl groups is 1. The Hall–Kier alpha value is -6.43. The van der Waals surface area contributed by atoms with Gasteiger partial charge in [0.25, 0.3) is 0 Å². The van der Waals surface area contributed by atoms with Gasteiger partial charge < -0.3 is 85.3 Å². The number of nitrogens with zero attached hydrogens (tertiary/aromatic N) is 1. The first-order chi connectivity index (χ1) is 36.6. The highest BCUT2D eigenvalue weighted by Crippen LogP contribution is 2.14. The lowest BCUT2D eigenvalue weighted by Crippen LogP contribution is -2.62. The number of aliphatic carboxylic acids is 2. The second kappa shape index (κ2) is 36.6. The van der Waals surface area contributed by atoms with Crippen LogP contribution in [0.5, 0.6) is 5.75 Å². The number of aliphatic hydroxyl groups excluding tert-OH is 2. The van der Waals surface area contributed by atoms with Crippen LogP contribution in [0.4, 0.5) is 0 Å². The zero-order valence-electron chi connectivity index (χ0n) is 45.2. The average Bonchev–Trinajstić information content (AvgIpc) is 3.35. The van der Waals surface area contributed by atoms with E-state index in [0.29, 0.717) is 17.7 Å². The number of amides is 8. The lowest BCUT2D eigenvalue weighted by atomic mass is 10.0. The molecule has 0 aliphatic carbocycles. The van der Waals surface area contributed by atoms with Gasteiger partial charge in [0.15, 0.2) is 5.96 Å². The number of carboxylic acid groups (broad SMARTS) is 2. The van der Waals surface area contributed by atoms with Crippen LogP contribution >= 0.6 is 23.5 Å². The van der Waals surface area contributed by atoms with Gasteiger partial charge in [0.05, 0.1) is 18.8 Å². The van der Waals surface area contributed by atoms with Gasteiger partial charge in [0, 0.05) is 19.4 Å². The average molecular weight is 1140 g/mol. The van der Waals surface area contributed by atoms with Crippen LogP contribution in [0.3, 0.4) is 0 Å². The van der Waals surface area contributed by atoms with Gasteiger partial charge in [-0.25, -0.2) is 4.79 Å². The number of rotatable bonds is 38. The van der Waals surface area contributed by atoms with E-state index in [4.69, 9.17) is 17.2 Å². The molecule has 0 aliphatic heterocycles. The summed E-state index contributed by atoms with van der Waals surface area (Å²) in [6, 6.07) is -7.49. The van der Waals surface area contributed by atoms with E-state index in [1.807, 2.05) is 13.8 Å². The van der Waals surface area contributed by atoms with Gasteiger partial charge in [-0.05, 0) is 105 Å². The number of phenolic OH excluding ortho intramolecular Hbond substituents is 1. The number of aliphatic hydroxyl groups is 2. The minimum atomic E-state index is -1.80. The molecule has 440 valence electrons. The Morgan fingerprint density at radius 1 is 0.564 bits per heavy atom. The molecule has 78 heavy (non-hydrogen) atoms. The fraction of sp³-hybridized carbons (Fsp3) is 0.653. The van der Waals surface area contributed by atoms with Crippen LogP contribution in [0.15, 0.2) is 29.3 Å². The van der Waals surface area contributed by atoms with Gasteiger partial charge in [-0.3, -0.25) is 48.1 Å². The zero-order chi connectivity index (χ0) is 59.2. The molecule has 1 aromatic rings. The Morgan fingerprint density at radius 2 is 1.00 bits per heavy atom. The molecule has 0 saturated carbocycles. The lowest BCUT2D eigenvalue weighted by molar-refractivity contribution is -0.143. The van der Waals surface area contributed by atoms with Crippen LogP contribution in [0, 0.1) is 11.8 Å². The molecule has 27 nitrogen and oxygen atoms in total. The van der Waals surface area contributed by atoms with Crippen LogP contribution in [0.25, 0.3) is 0 Å².